The highest BCUT2D eigenvalue weighted by molar-refractivity contribution is 14.1. The fourth-order valence-corrected chi connectivity index (χ4v) is 5.88. The van der Waals surface area contributed by atoms with Crippen molar-refractivity contribution in [2.24, 2.45) is 0 Å². The van der Waals surface area contributed by atoms with Crippen LogP contribution in [-0.4, -0.2) is 3.92 Å². The van der Waals surface area contributed by atoms with Crippen molar-refractivity contribution in [1.29, 1.82) is 0 Å². The summed E-state index contributed by atoms with van der Waals surface area (Å²) in [7, 11) is 0. The van der Waals surface area contributed by atoms with Gasteiger partial charge >= 0.3 is 0 Å². The van der Waals surface area contributed by atoms with Crippen LogP contribution in [-0.2, 0) is 0 Å². The van der Waals surface area contributed by atoms with E-state index < -0.39 is 0 Å². The molecule has 0 radical (unpaired) electrons. The Labute approximate surface area is 123 Å². The Bertz CT molecular complexity index is 206. The smallest absolute Gasteiger partial charge is 0.0710 e. The molecule has 0 N–H and O–H groups in total. The van der Waals surface area contributed by atoms with E-state index in [0.29, 0.717) is 3.92 Å². The van der Waals surface area contributed by atoms with Gasteiger partial charge in [-0.2, -0.15) is 0 Å². The minimum Gasteiger partial charge on any atom is -0.0710 e. The Balaban J connectivity index is 3.09. The fraction of sp³-hybridized carbons (Fsp3) is 0.200. The number of allylic oxidation sites excluding steroid dienone is 4. The summed E-state index contributed by atoms with van der Waals surface area (Å²) in [6.45, 7) is 0. The van der Waals surface area contributed by atoms with Crippen LogP contribution in [0.3, 0.4) is 0 Å². The predicted octanol–water partition coefficient (Wildman–Crippen LogP) is 4.93. The zero-order valence-electron chi connectivity index (χ0n) is 4.47. The molecule has 0 fully saturated rings. The minimum absolute atomic E-state index is 0.553. The molecule has 0 aliphatic heterocycles. The summed E-state index contributed by atoms with van der Waals surface area (Å²) < 4.78 is 6.07. The van der Waals surface area contributed by atoms with Crippen LogP contribution in [0.5, 0.6) is 0 Å². The average Bonchev–Trinajstić information content (AvgIpc) is 2.07. The van der Waals surface area contributed by atoms with Gasteiger partial charge in [0.15, 0.2) is 0 Å². The molecule has 56 valence electrons. The quantitative estimate of drug-likeness (QED) is 0.259. The van der Waals surface area contributed by atoms with E-state index in [1.54, 1.807) is 0 Å². The van der Waals surface area contributed by atoms with E-state index >= 15 is 0 Å². The van der Waals surface area contributed by atoms with Crippen molar-refractivity contribution in [1.82, 2.24) is 0 Å². The molecule has 0 nitrogen and oxygen atoms in total. The van der Waals surface area contributed by atoms with Crippen LogP contribution in [0.4, 0.5) is 0 Å². The van der Waals surface area contributed by atoms with Gasteiger partial charge in [0.05, 0.1) is 3.92 Å². The van der Waals surface area contributed by atoms with Crippen LogP contribution in [0.2, 0.25) is 0 Å². The third-order valence-electron chi connectivity index (χ3n) is 1.06. The average molecular weight is 649 g/mol. The van der Waals surface area contributed by atoms with Gasteiger partial charge in [-0.3, -0.25) is 0 Å². The molecular weight excluding hydrogens is 648 g/mol. The monoisotopic (exact) mass is 648 g/mol. The first-order valence-corrected chi connectivity index (χ1v) is 7.58. The van der Waals surface area contributed by atoms with E-state index in [9.17, 15) is 0 Å². The van der Waals surface area contributed by atoms with E-state index in [4.69, 9.17) is 0 Å². The van der Waals surface area contributed by atoms with Gasteiger partial charge in [0.25, 0.3) is 0 Å². The molecule has 0 saturated heterocycles. The molecule has 0 amide bonds. The van der Waals surface area contributed by atoms with Gasteiger partial charge in [0.2, 0.25) is 0 Å². The maximum atomic E-state index is 3.56. The molecule has 0 aromatic rings. The lowest BCUT2D eigenvalue weighted by atomic mass is 10.5. The number of alkyl halides is 1. The van der Waals surface area contributed by atoms with Crippen molar-refractivity contribution < 1.29 is 0 Å². The Morgan fingerprint density at radius 2 is 1.60 bits per heavy atom. The van der Waals surface area contributed by atoms with Gasteiger partial charge in [-0.25, -0.2) is 0 Å². The second kappa shape index (κ2) is 4.40. The lowest BCUT2D eigenvalue weighted by Crippen LogP contribution is -1.89. The first-order chi connectivity index (χ1) is 4.55. The highest BCUT2D eigenvalue weighted by Gasteiger charge is 2.26. The number of halogens is 5. The van der Waals surface area contributed by atoms with Gasteiger partial charge < -0.3 is 0 Å². The molecule has 0 aromatic heterocycles. The van der Waals surface area contributed by atoms with E-state index in [1.165, 1.54) is 15.2 Å². The third-order valence-corrected chi connectivity index (χ3v) is 11.4. The molecule has 0 saturated carbocycles. The van der Waals surface area contributed by atoms with Gasteiger partial charge in [-0.05, 0) is 67.8 Å². The van der Waals surface area contributed by atoms with Crippen LogP contribution in [0.25, 0.3) is 0 Å². The number of rotatable bonds is 0. The third kappa shape index (κ3) is 2.03. The first kappa shape index (κ1) is 11.0. The maximum absolute atomic E-state index is 3.56. The molecule has 1 aliphatic carbocycles. The summed E-state index contributed by atoms with van der Waals surface area (Å²) >= 11 is 13.2. The molecule has 1 rings (SSSR count). The van der Waals surface area contributed by atoms with Gasteiger partial charge in [0, 0.05) is 15.2 Å². The number of hydrogen-bond donors (Lipinski definition) is 0. The second-order valence-corrected chi connectivity index (χ2v) is 7.11. The fourth-order valence-electron chi connectivity index (χ4n) is 0.543. The van der Waals surface area contributed by atoms with E-state index in [0.717, 1.165) is 0 Å². The van der Waals surface area contributed by atoms with Crippen molar-refractivity contribution in [3.63, 3.8) is 0 Å². The molecule has 0 aromatic carbocycles. The van der Waals surface area contributed by atoms with Crippen LogP contribution < -0.4 is 0 Å². The molecule has 1 unspecified atom stereocenters. The molecular formula is C5HBrI4. The zero-order chi connectivity index (χ0) is 7.89. The SMILES string of the molecule is BrC1=C(I)C(I)=C(I)C1I. The highest BCUT2D eigenvalue weighted by Crippen LogP contribution is 2.48. The van der Waals surface area contributed by atoms with E-state index in [2.05, 4.69) is 106 Å². The Morgan fingerprint density at radius 3 is 1.70 bits per heavy atom. The topological polar surface area (TPSA) is 0 Å². The molecule has 0 bridgehead atoms. The maximum Gasteiger partial charge on any atom is 0.0753 e. The van der Waals surface area contributed by atoms with E-state index in [1.807, 2.05) is 0 Å². The molecule has 0 spiro atoms. The van der Waals surface area contributed by atoms with Crippen LogP contribution in [0, 0.1) is 0 Å². The lowest BCUT2D eigenvalue weighted by molar-refractivity contribution is 1.50. The van der Waals surface area contributed by atoms with Crippen molar-refractivity contribution in [3.05, 3.63) is 15.2 Å². The molecule has 10 heavy (non-hydrogen) atoms. The van der Waals surface area contributed by atoms with Crippen molar-refractivity contribution >= 4 is 106 Å². The lowest BCUT2D eigenvalue weighted by Gasteiger charge is -1.99. The summed E-state index contributed by atoms with van der Waals surface area (Å²) in [6.07, 6.45) is 0. The molecule has 1 atom stereocenters. The van der Waals surface area contributed by atoms with Gasteiger partial charge in [0.1, 0.15) is 0 Å². The molecule has 5 heteroatoms. The summed E-state index contributed by atoms with van der Waals surface area (Å²) in [5, 5.41) is 0. The largest absolute Gasteiger partial charge is 0.0753 e. The van der Waals surface area contributed by atoms with E-state index in [-0.39, 0.29) is 0 Å². The normalized spacial score (nSPS) is 26.7. The minimum atomic E-state index is 0.553. The van der Waals surface area contributed by atoms with Crippen molar-refractivity contribution in [3.8, 4) is 0 Å². The zero-order valence-corrected chi connectivity index (χ0v) is 14.7. The van der Waals surface area contributed by atoms with Gasteiger partial charge in [-0.15, -0.1) is 0 Å². The summed E-state index contributed by atoms with van der Waals surface area (Å²) in [5.41, 5.74) is 0. The summed E-state index contributed by atoms with van der Waals surface area (Å²) in [6, 6.07) is 0. The number of hydrogen-bond acceptors (Lipinski definition) is 0. The Kier molecular flexibility index (Phi) is 4.82. The predicted molar refractivity (Wildman–Crippen MR) is 82.8 cm³/mol. The second-order valence-electron chi connectivity index (χ2n) is 1.69. The van der Waals surface area contributed by atoms with Crippen LogP contribution >= 0.6 is 106 Å². The summed E-state index contributed by atoms with van der Waals surface area (Å²) in [5.74, 6) is 0. The first-order valence-electron chi connectivity index (χ1n) is 2.30. The van der Waals surface area contributed by atoms with Crippen LogP contribution in [0.1, 0.15) is 0 Å². The standard InChI is InChI=1S/C5HBrI4/c6-1-2(7)4(9)5(10)3(1)8/h2H. The van der Waals surface area contributed by atoms with Gasteiger partial charge in [-0.1, -0.05) is 38.5 Å². The summed E-state index contributed by atoms with van der Waals surface area (Å²) in [4.78, 5) is 0. The van der Waals surface area contributed by atoms with Crippen molar-refractivity contribution in [2.75, 3.05) is 0 Å². The highest BCUT2D eigenvalue weighted by atomic mass is 127. The molecule has 0 heterocycles. The Morgan fingerprint density at radius 1 is 1.10 bits per heavy atom. The van der Waals surface area contributed by atoms with Crippen LogP contribution in [0.15, 0.2) is 15.2 Å². The molecule has 1 aliphatic rings. The Hall–Kier alpha value is 2.88. The van der Waals surface area contributed by atoms with Crippen molar-refractivity contribution in [2.45, 2.75) is 3.92 Å².